The van der Waals surface area contributed by atoms with Crippen molar-refractivity contribution in [2.75, 3.05) is 48.1 Å². The molecule has 1 saturated heterocycles. The number of benzene rings is 3. The highest BCUT2D eigenvalue weighted by Crippen LogP contribution is 2.42. The summed E-state index contributed by atoms with van der Waals surface area (Å²) < 4.78 is 33.3. The Morgan fingerprint density at radius 2 is 1.21 bits per heavy atom. The lowest BCUT2D eigenvalue weighted by atomic mass is 9.80. The Morgan fingerprint density at radius 1 is 0.763 bits per heavy atom. The van der Waals surface area contributed by atoms with Gasteiger partial charge in [0.05, 0.1) is 35.0 Å². The molecule has 0 amide bonds. The molecular formula is C30H35NO7. The van der Waals surface area contributed by atoms with Gasteiger partial charge >= 0.3 is 6.16 Å². The van der Waals surface area contributed by atoms with E-state index in [2.05, 4.69) is 4.90 Å². The first-order chi connectivity index (χ1) is 18.5. The lowest BCUT2D eigenvalue weighted by Gasteiger charge is -2.37. The van der Waals surface area contributed by atoms with E-state index in [0.717, 1.165) is 53.3 Å². The van der Waals surface area contributed by atoms with Crippen molar-refractivity contribution >= 4 is 6.16 Å². The van der Waals surface area contributed by atoms with E-state index in [1.807, 2.05) is 72.8 Å². The van der Waals surface area contributed by atoms with Crippen LogP contribution in [0.1, 0.15) is 29.5 Å². The molecule has 8 nitrogen and oxygen atoms in total. The fourth-order valence-electron chi connectivity index (χ4n) is 4.89. The molecule has 0 radical (unpaired) electrons. The van der Waals surface area contributed by atoms with Crippen molar-refractivity contribution in [3.8, 4) is 17.2 Å². The topological polar surface area (TPSA) is 75.7 Å². The van der Waals surface area contributed by atoms with Crippen molar-refractivity contribution in [1.82, 2.24) is 4.90 Å². The summed E-state index contributed by atoms with van der Waals surface area (Å²) in [5, 5.41) is 0. The molecule has 1 fully saturated rings. The second kappa shape index (κ2) is 12.7. The van der Waals surface area contributed by atoms with E-state index in [9.17, 15) is 4.79 Å². The molecule has 1 aliphatic heterocycles. The van der Waals surface area contributed by atoms with Gasteiger partial charge in [-0.25, -0.2) is 4.79 Å². The van der Waals surface area contributed by atoms with Crippen molar-refractivity contribution in [2.45, 2.75) is 24.7 Å². The summed E-state index contributed by atoms with van der Waals surface area (Å²) in [4.78, 5) is 13.8. The summed E-state index contributed by atoms with van der Waals surface area (Å²) >= 11 is 0. The molecule has 0 bridgehead atoms. The minimum Gasteiger partial charge on any atom is -0.497 e. The van der Waals surface area contributed by atoms with Gasteiger partial charge in [-0.3, -0.25) is 4.90 Å². The van der Waals surface area contributed by atoms with Crippen molar-refractivity contribution in [3.63, 3.8) is 0 Å². The molecular weight excluding hydrogens is 486 g/mol. The maximum absolute atomic E-state index is 11.7. The van der Waals surface area contributed by atoms with E-state index < -0.39 is 11.8 Å². The first kappa shape index (κ1) is 27.3. The van der Waals surface area contributed by atoms with E-state index >= 15 is 0 Å². The molecule has 202 valence electrons. The van der Waals surface area contributed by atoms with Crippen LogP contribution in [0.15, 0.2) is 72.8 Å². The average Bonchev–Trinajstić information content (AvgIpc) is 3.42. The fourth-order valence-corrected chi connectivity index (χ4v) is 4.89. The molecule has 38 heavy (non-hydrogen) atoms. The van der Waals surface area contributed by atoms with Crippen LogP contribution in [-0.2, 0) is 19.8 Å². The summed E-state index contributed by atoms with van der Waals surface area (Å²) in [6, 6.07) is 23.7. The summed E-state index contributed by atoms with van der Waals surface area (Å²) in [5.41, 5.74) is 1.88. The number of carbonyl (C=O) groups excluding carboxylic acids is 1. The zero-order chi connectivity index (χ0) is 27.0. The number of hydrogen-bond donors (Lipinski definition) is 0. The third-order valence-corrected chi connectivity index (χ3v) is 6.89. The van der Waals surface area contributed by atoms with Crippen LogP contribution in [0.25, 0.3) is 0 Å². The first-order valence-corrected chi connectivity index (χ1v) is 12.6. The molecule has 4 rings (SSSR count). The highest BCUT2D eigenvalue weighted by molar-refractivity contribution is 5.59. The van der Waals surface area contributed by atoms with Crippen LogP contribution in [0.2, 0.25) is 0 Å². The van der Waals surface area contributed by atoms with E-state index in [-0.39, 0.29) is 6.23 Å². The Morgan fingerprint density at radius 3 is 1.61 bits per heavy atom. The monoisotopic (exact) mass is 521 g/mol. The molecule has 0 aromatic heterocycles. The number of nitrogens with zero attached hydrogens (tertiary/aromatic N) is 1. The van der Waals surface area contributed by atoms with Crippen molar-refractivity contribution < 1.29 is 33.2 Å². The SMILES string of the molecule is COC(=O)O[C@@H]1CCCN1CCOC(c1ccc(OC)cc1)(c1ccc(OC)cc1)c1ccc(OC)cc1. The van der Waals surface area contributed by atoms with Crippen LogP contribution in [-0.4, -0.2) is 65.4 Å². The number of ether oxygens (including phenoxy) is 6. The van der Waals surface area contributed by atoms with Gasteiger partial charge in [-0.2, -0.15) is 0 Å². The van der Waals surface area contributed by atoms with Crippen LogP contribution >= 0.6 is 0 Å². The molecule has 0 aliphatic carbocycles. The summed E-state index contributed by atoms with van der Waals surface area (Å²) in [5.74, 6) is 2.27. The fraction of sp³-hybridized carbons (Fsp3) is 0.367. The molecule has 8 heteroatoms. The normalized spacial score (nSPS) is 15.6. The van der Waals surface area contributed by atoms with Gasteiger partial charge < -0.3 is 28.4 Å². The predicted molar refractivity (Wildman–Crippen MR) is 143 cm³/mol. The molecule has 3 aromatic carbocycles. The summed E-state index contributed by atoms with van der Waals surface area (Å²) in [7, 11) is 6.26. The largest absolute Gasteiger partial charge is 0.509 e. The van der Waals surface area contributed by atoms with Crippen molar-refractivity contribution in [3.05, 3.63) is 89.5 Å². The van der Waals surface area contributed by atoms with Gasteiger partial charge in [-0.1, -0.05) is 36.4 Å². The minimum absolute atomic E-state index is 0.330. The standard InChI is InChI=1S/C30H35NO7/c1-33-25-13-7-22(8-14-25)30(23-9-15-26(34-2)16-10-23,24-11-17-27(35-3)18-12-24)37-21-20-31-19-5-6-28(31)38-29(32)36-4/h7-18,28H,5-6,19-21H2,1-4H3/t28-/m1/s1. The van der Waals surface area contributed by atoms with Gasteiger partial charge in [0.1, 0.15) is 22.8 Å². The maximum atomic E-state index is 11.7. The molecule has 1 aliphatic rings. The molecule has 0 N–H and O–H groups in total. The molecule has 1 heterocycles. The highest BCUT2D eigenvalue weighted by Gasteiger charge is 2.38. The van der Waals surface area contributed by atoms with Crippen molar-refractivity contribution in [2.24, 2.45) is 0 Å². The Labute approximate surface area is 224 Å². The maximum Gasteiger partial charge on any atom is 0.509 e. The van der Waals surface area contributed by atoms with Gasteiger partial charge in [0.15, 0.2) is 6.23 Å². The number of carbonyl (C=O) groups is 1. The number of methoxy groups -OCH3 is 4. The first-order valence-electron chi connectivity index (χ1n) is 12.6. The van der Waals surface area contributed by atoms with Crippen molar-refractivity contribution in [1.29, 1.82) is 0 Å². The Balaban J connectivity index is 1.73. The molecule has 0 spiro atoms. The molecule has 3 aromatic rings. The lowest BCUT2D eigenvalue weighted by molar-refractivity contribution is -0.0467. The van der Waals surface area contributed by atoms with Gasteiger partial charge in [0.2, 0.25) is 0 Å². The van der Waals surface area contributed by atoms with Crippen LogP contribution in [0, 0.1) is 0 Å². The second-order valence-corrected chi connectivity index (χ2v) is 8.92. The van der Waals surface area contributed by atoms with Crippen LogP contribution in [0.4, 0.5) is 4.79 Å². The highest BCUT2D eigenvalue weighted by atomic mass is 16.7. The Hall–Kier alpha value is -3.75. The minimum atomic E-state index is -0.941. The van der Waals surface area contributed by atoms with E-state index in [1.165, 1.54) is 7.11 Å². The smallest absolute Gasteiger partial charge is 0.497 e. The molecule has 0 saturated carbocycles. The Kier molecular flexibility index (Phi) is 9.10. The Bertz CT molecular complexity index is 1050. The zero-order valence-corrected chi connectivity index (χ0v) is 22.3. The molecule has 1 atom stereocenters. The van der Waals surface area contributed by atoms with E-state index in [4.69, 9.17) is 28.4 Å². The second-order valence-electron chi connectivity index (χ2n) is 8.92. The van der Waals surface area contributed by atoms with Gasteiger partial charge in [-0.15, -0.1) is 0 Å². The van der Waals surface area contributed by atoms with E-state index in [0.29, 0.717) is 13.2 Å². The van der Waals surface area contributed by atoms with Crippen LogP contribution in [0.3, 0.4) is 0 Å². The number of rotatable bonds is 11. The molecule has 0 unspecified atom stereocenters. The lowest BCUT2D eigenvalue weighted by Crippen LogP contribution is -2.39. The summed E-state index contributed by atoms with van der Waals surface area (Å²) in [6.45, 7) is 1.77. The quantitative estimate of drug-likeness (QED) is 0.251. The summed E-state index contributed by atoms with van der Waals surface area (Å²) in [6.07, 6.45) is 0.688. The average molecular weight is 522 g/mol. The number of likely N-dealkylation sites (tertiary alicyclic amines) is 1. The number of hydrogen-bond acceptors (Lipinski definition) is 8. The van der Waals surface area contributed by atoms with Crippen LogP contribution < -0.4 is 14.2 Å². The van der Waals surface area contributed by atoms with E-state index in [1.54, 1.807) is 21.3 Å². The van der Waals surface area contributed by atoms with Gasteiger partial charge in [0, 0.05) is 13.1 Å². The van der Waals surface area contributed by atoms with Gasteiger partial charge in [-0.05, 0) is 65.9 Å². The third-order valence-electron chi connectivity index (χ3n) is 6.89. The van der Waals surface area contributed by atoms with Crippen LogP contribution in [0.5, 0.6) is 17.2 Å². The predicted octanol–water partition coefficient (Wildman–Crippen LogP) is 5.23. The third kappa shape index (κ3) is 5.87. The van der Waals surface area contributed by atoms with Gasteiger partial charge in [0.25, 0.3) is 0 Å². The zero-order valence-electron chi connectivity index (χ0n) is 22.3.